The first kappa shape index (κ1) is 24.3. The van der Waals surface area contributed by atoms with Crippen LogP contribution in [0.1, 0.15) is 73.1 Å². The van der Waals surface area contributed by atoms with Crippen LogP contribution in [0, 0.1) is 6.92 Å². The van der Waals surface area contributed by atoms with E-state index in [1.807, 2.05) is 4.52 Å². The molecule has 0 radical (unpaired) electrons. The Labute approximate surface area is 204 Å². The normalized spacial score (nSPS) is 17.7. The summed E-state index contributed by atoms with van der Waals surface area (Å²) in [7, 11) is 4.32. The van der Waals surface area contributed by atoms with Crippen molar-refractivity contribution in [1.29, 1.82) is 0 Å². The van der Waals surface area contributed by atoms with Gasteiger partial charge in [0.25, 0.3) is 0 Å². The summed E-state index contributed by atoms with van der Waals surface area (Å²) in [5.41, 5.74) is 13.8. The first-order valence-electron chi connectivity index (χ1n) is 12.7. The summed E-state index contributed by atoms with van der Waals surface area (Å²) in [6.07, 6.45) is 7.36. The lowest BCUT2D eigenvalue weighted by Gasteiger charge is -2.31. The zero-order valence-corrected chi connectivity index (χ0v) is 21.3. The summed E-state index contributed by atoms with van der Waals surface area (Å²) < 4.78 is 2.03. The van der Waals surface area contributed by atoms with Crippen molar-refractivity contribution in [2.24, 2.45) is 5.73 Å². The second-order valence-corrected chi connectivity index (χ2v) is 9.71. The monoisotopic (exact) mass is 460 g/mol. The fourth-order valence-corrected chi connectivity index (χ4v) is 5.06. The van der Waals surface area contributed by atoms with E-state index in [2.05, 4.69) is 74.7 Å². The van der Waals surface area contributed by atoms with E-state index in [4.69, 9.17) is 15.8 Å². The molecule has 2 aromatic heterocycles. The summed E-state index contributed by atoms with van der Waals surface area (Å²) >= 11 is 0. The summed E-state index contributed by atoms with van der Waals surface area (Å²) in [4.78, 5) is 9.59. The summed E-state index contributed by atoms with van der Waals surface area (Å²) in [6, 6.07) is 11.3. The van der Waals surface area contributed by atoms with Crippen molar-refractivity contribution in [2.75, 3.05) is 32.1 Å². The van der Waals surface area contributed by atoms with Crippen molar-refractivity contribution in [3.63, 3.8) is 0 Å². The van der Waals surface area contributed by atoms with Gasteiger partial charge in [-0.2, -0.15) is 9.61 Å². The van der Waals surface area contributed by atoms with Crippen molar-refractivity contribution < 1.29 is 0 Å². The lowest BCUT2D eigenvalue weighted by Crippen LogP contribution is -2.24. The molecule has 0 fully saturated rings. The van der Waals surface area contributed by atoms with Crippen LogP contribution in [0.25, 0.3) is 11.3 Å². The van der Waals surface area contributed by atoms with Gasteiger partial charge in [0.2, 0.25) is 0 Å². The molecule has 6 nitrogen and oxygen atoms in total. The predicted octanol–water partition coefficient (Wildman–Crippen LogP) is 5.15. The number of hydrogen-bond acceptors (Lipinski definition) is 5. The van der Waals surface area contributed by atoms with Gasteiger partial charge in [-0.15, -0.1) is 0 Å². The van der Waals surface area contributed by atoms with Crippen LogP contribution in [0.15, 0.2) is 36.9 Å². The molecule has 2 N–H and O–H groups in total. The third kappa shape index (κ3) is 4.97. The molecule has 34 heavy (non-hydrogen) atoms. The van der Waals surface area contributed by atoms with Crippen molar-refractivity contribution >= 4 is 17.2 Å². The van der Waals surface area contributed by atoms with Gasteiger partial charge in [-0.05, 0) is 63.6 Å². The Morgan fingerprint density at radius 3 is 2.71 bits per heavy atom. The van der Waals surface area contributed by atoms with Gasteiger partial charge >= 0.3 is 0 Å². The number of nitrogens with zero attached hydrogens (tertiary/aromatic N) is 5. The highest BCUT2D eigenvalue weighted by molar-refractivity contribution is 5.66. The number of aryl methyl sites for hydroxylation is 3. The van der Waals surface area contributed by atoms with Gasteiger partial charge in [0.05, 0.1) is 11.7 Å². The molecule has 0 unspecified atom stereocenters. The third-order valence-electron chi connectivity index (χ3n) is 7.15. The van der Waals surface area contributed by atoms with Crippen LogP contribution in [0.5, 0.6) is 0 Å². The van der Waals surface area contributed by atoms with Crippen LogP contribution in [-0.4, -0.2) is 46.7 Å². The molecular weight excluding hydrogens is 420 g/mol. The van der Waals surface area contributed by atoms with E-state index in [-0.39, 0.29) is 6.04 Å². The Morgan fingerprint density at radius 1 is 1.12 bits per heavy atom. The minimum atomic E-state index is 0.123. The predicted molar refractivity (Wildman–Crippen MR) is 142 cm³/mol. The van der Waals surface area contributed by atoms with Crippen molar-refractivity contribution in [2.45, 2.75) is 64.8 Å². The standard InChI is InChI=1S/C28H40N6/c1-6-26-25-19-27-30-23(12-10-15-29)18-28(34(27)31-25)32(4)16-9-7-8-11-22-14-13-20(2)17-24(22)21(3)33(26)5/h13-14,17-19,26H,3,6-12,15-16,29H2,1-2,4-5H3/t26-/m0/s1. The van der Waals surface area contributed by atoms with Crippen molar-refractivity contribution in [3.8, 4) is 0 Å². The first-order chi connectivity index (χ1) is 16.4. The average Bonchev–Trinajstić information content (AvgIpc) is 3.25. The van der Waals surface area contributed by atoms with Crippen LogP contribution in [0.2, 0.25) is 0 Å². The molecule has 0 saturated heterocycles. The lowest BCUT2D eigenvalue weighted by atomic mass is 9.96. The Morgan fingerprint density at radius 2 is 1.94 bits per heavy atom. The summed E-state index contributed by atoms with van der Waals surface area (Å²) in [5.74, 6) is 1.10. The van der Waals surface area contributed by atoms with Gasteiger partial charge in [0.1, 0.15) is 5.82 Å². The maximum Gasteiger partial charge on any atom is 0.157 e. The second-order valence-electron chi connectivity index (χ2n) is 9.71. The molecular formula is C28H40N6. The van der Waals surface area contributed by atoms with E-state index in [1.54, 1.807) is 0 Å². The van der Waals surface area contributed by atoms with E-state index in [9.17, 15) is 0 Å². The minimum absolute atomic E-state index is 0.123. The molecule has 6 heteroatoms. The van der Waals surface area contributed by atoms with Gasteiger partial charge in [-0.1, -0.05) is 37.6 Å². The fourth-order valence-electron chi connectivity index (χ4n) is 5.06. The molecule has 0 spiro atoms. The Kier molecular flexibility index (Phi) is 7.57. The van der Waals surface area contributed by atoms with E-state index in [0.717, 1.165) is 67.2 Å². The van der Waals surface area contributed by atoms with Crippen LogP contribution < -0.4 is 10.6 Å². The lowest BCUT2D eigenvalue weighted by molar-refractivity contribution is 0.339. The van der Waals surface area contributed by atoms with Crippen LogP contribution in [0.3, 0.4) is 0 Å². The molecule has 4 rings (SSSR count). The highest BCUT2D eigenvalue weighted by atomic mass is 15.4. The summed E-state index contributed by atoms with van der Waals surface area (Å²) in [6.45, 7) is 10.6. The molecule has 0 saturated carbocycles. The topological polar surface area (TPSA) is 62.7 Å². The Hall–Kier alpha value is -2.86. The first-order valence-corrected chi connectivity index (χ1v) is 12.7. The van der Waals surface area contributed by atoms with E-state index >= 15 is 0 Å². The molecule has 1 aliphatic heterocycles. The molecule has 3 aromatic rings. The van der Waals surface area contributed by atoms with E-state index < -0.39 is 0 Å². The number of benzene rings is 1. The molecule has 0 amide bonds. The molecule has 0 aliphatic carbocycles. The molecule has 1 atom stereocenters. The second kappa shape index (κ2) is 10.6. The maximum atomic E-state index is 5.78. The van der Waals surface area contributed by atoms with Crippen LogP contribution >= 0.6 is 0 Å². The Balaban J connectivity index is 1.81. The highest BCUT2D eigenvalue weighted by Gasteiger charge is 2.24. The number of aromatic nitrogens is 3. The number of rotatable bonds is 4. The van der Waals surface area contributed by atoms with Crippen molar-refractivity contribution in [3.05, 3.63) is 65.0 Å². The van der Waals surface area contributed by atoms with Gasteiger partial charge in [-0.3, -0.25) is 0 Å². The number of hydrogen-bond donors (Lipinski definition) is 1. The third-order valence-corrected chi connectivity index (χ3v) is 7.15. The number of nitrogens with two attached hydrogens (primary N) is 1. The van der Waals surface area contributed by atoms with E-state index in [1.165, 1.54) is 29.5 Å². The van der Waals surface area contributed by atoms with Gasteiger partial charge in [-0.25, -0.2) is 4.98 Å². The molecule has 182 valence electrons. The largest absolute Gasteiger partial charge is 0.366 e. The van der Waals surface area contributed by atoms with E-state index in [0.29, 0.717) is 6.54 Å². The smallest absolute Gasteiger partial charge is 0.157 e. The zero-order chi connectivity index (χ0) is 24.2. The molecule has 2 bridgehead atoms. The SMILES string of the molecule is C=C1c2cc(C)ccc2CCCCCN(C)c2cc(CCCN)nc3cc(nn23)[C@H](CC)N1C. The quantitative estimate of drug-likeness (QED) is 0.584. The highest BCUT2D eigenvalue weighted by Crippen LogP contribution is 2.33. The van der Waals surface area contributed by atoms with Crippen molar-refractivity contribution in [1.82, 2.24) is 19.5 Å². The molecule has 1 aromatic carbocycles. The van der Waals surface area contributed by atoms with Crippen LogP contribution in [-0.2, 0) is 12.8 Å². The molecule has 1 aliphatic rings. The average molecular weight is 461 g/mol. The minimum Gasteiger partial charge on any atom is -0.366 e. The van der Waals surface area contributed by atoms with Gasteiger partial charge < -0.3 is 15.5 Å². The maximum absolute atomic E-state index is 5.78. The number of fused-ring (bicyclic) bond motifs is 2. The zero-order valence-electron chi connectivity index (χ0n) is 21.3. The fraction of sp³-hybridized carbons (Fsp3) is 0.500. The number of anilines is 1. The Bertz CT molecular complexity index is 1150. The molecule has 3 heterocycles. The van der Waals surface area contributed by atoms with Gasteiger partial charge in [0, 0.05) is 49.7 Å². The van der Waals surface area contributed by atoms with Crippen LogP contribution in [0.4, 0.5) is 5.82 Å². The summed E-state index contributed by atoms with van der Waals surface area (Å²) in [5, 5.41) is 5.09. The van der Waals surface area contributed by atoms with Gasteiger partial charge in [0.15, 0.2) is 5.65 Å².